The number of likely N-dealkylation sites (N-methyl/N-ethyl adjacent to an activating group) is 1. The molecule has 0 aliphatic carbocycles. The van der Waals surface area contributed by atoms with Gasteiger partial charge in [-0.25, -0.2) is 0 Å². The Bertz CT molecular complexity index is 742. The Morgan fingerprint density at radius 3 is 2.73 bits per heavy atom. The van der Waals surface area contributed by atoms with Gasteiger partial charge in [0, 0.05) is 24.9 Å². The monoisotopic (exact) mass is 296 g/mol. The summed E-state index contributed by atoms with van der Waals surface area (Å²) in [5.41, 5.74) is 2.57. The minimum Gasteiger partial charge on any atom is -0.324 e. The zero-order valence-corrected chi connectivity index (χ0v) is 12.6. The van der Waals surface area contributed by atoms with Gasteiger partial charge in [-0.05, 0) is 18.6 Å². The van der Waals surface area contributed by atoms with E-state index in [1.165, 1.54) is 4.90 Å². The van der Waals surface area contributed by atoms with E-state index in [0.717, 1.165) is 16.9 Å². The second kappa shape index (κ2) is 5.60. The zero-order chi connectivity index (χ0) is 15.7. The molecule has 0 spiro atoms. The molecule has 1 atom stereocenters. The molecule has 3 rings (SSSR count). The molecule has 22 heavy (non-hydrogen) atoms. The number of aryl methyl sites for hydroxylation is 1. The predicted octanol–water partition coefficient (Wildman–Crippen LogP) is 1.43. The second-order valence-corrected chi connectivity index (χ2v) is 5.46. The van der Waals surface area contributed by atoms with Crippen LogP contribution in [0.25, 0.3) is 0 Å². The molecule has 5 heteroatoms. The Kier molecular flexibility index (Phi) is 3.63. The van der Waals surface area contributed by atoms with Crippen molar-refractivity contribution in [2.45, 2.75) is 19.5 Å². The third kappa shape index (κ3) is 2.45. The van der Waals surface area contributed by atoms with Crippen LogP contribution < -0.4 is 9.88 Å². The number of pyridine rings is 1. The number of rotatable bonds is 2. The summed E-state index contributed by atoms with van der Waals surface area (Å²) in [7, 11) is 1.67. The van der Waals surface area contributed by atoms with Gasteiger partial charge in [-0.15, -0.1) is 0 Å². The van der Waals surface area contributed by atoms with Gasteiger partial charge in [0.05, 0.1) is 0 Å². The van der Waals surface area contributed by atoms with Crippen molar-refractivity contribution in [1.82, 2.24) is 4.90 Å². The first-order chi connectivity index (χ1) is 10.6. The summed E-state index contributed by atoms with van der Waals surface area (Å²) in [4.78, 5) is 26.3. The van der Waals surface area contributed by atoms with Crippen LogP contribution in [0.15, 0.2) is 48.7 Å². The fraction of sp³-hybridized carbons (Fsp3) is 0.235. The van der Waals surface area contributed by atoms with Crippen molar-refractivity contribution in [3.8, 4) is 0 Å². The Morgan fingerprint density at radius 2 is 1.95 bits per heavy atom. The van der Waals surface area contributed by atoms with Crippen molar-refractivity contribution in [2.75, 3.05) is 12.4 Å². The van der Waals surface area contributed by atoms with Crippen LogP contribution in [0.5, 0.6) is 0 Å². The summed E-state index contributed by atoms with van der Waals surface area (Å²) >= 11 is 0. The molecule has 0 saturated carbocycles. The molecule has 5 nitrogen and oxygen atoms in total. The number of nitrogens with one attached hydrogen (secondary N) is 1. The summed E-state index contributed by atoms with van der Waals surface area (Å²) in [5, 5.41) is 2.93. The summed E-state index contributed by atoms with van der Waals surface area (Å²) in [6.45, 7) is 2.20. The first kappa shape index (κ1) is 14.3. The highest BCUT2D eigenvalue weighted by molar-refractivity contribution is 5.98. The van der Waals surface area contributed by atoms with E-state index in [9.17, 15) is 9.59 Å². The van der Waals surface area contributed by atoms with Gasteiger partial charge in [0.1, 0.15) is 0 Å². The molecule has 0 fully saturated rings. The molecule has 2 heterocycles. The number of carbonyl (C=O) groups is 2. The molecule has 112 valence electrons. The number of carbonyl (C=O) groups excluding carboxylic acids is 2. The number of aromatic nitrogens is 1. The molecule has 1 aromatic heterocycles. The number of nitrogens with zero attached hydrogens (tertiary/aromatic N) is 2. The molecule has 0 saturated heterocycles. The van der Waals surface area contributed by atoms with E-state index in [1.807, 2.05) is 60.2 Å². The lowest BCUT2D eigenvalue weighted by molar-refractivity contribution is -0.698. The molecule has 1 aliphatic rings. The number of hydrogen-bond donors (Lipinski definition) is 1. The molecule has 2 amide bonds. The highest BCUT2D eigenvalue weighted by Gasteiger charge is 2.40. The maximum atomic E-state index is 12.7. The van der Waals surface area contributed by atoms with Crippen LogP contribution in [0.1, 0.15) is 17.3 Å². The molecule has 1 unspecified atom stereocenters. The third-order valence-electron chi connectivity index (χ3n) is 3.99. The van der Waals surface area contributed by atoms with Crippen molar-refractivity contribution in [2.24, 2.45) is 0 Å². The average molecular weight is 296 g/mol. The molecular weight excluding hydrogens is 278 g/mol. The molecule has 0 radical (unpaired) electrons. The number of amides is 2. The highest BCUT2D eigenvalue weighted by Crippen LogP contribution is 2.23. The van der Waals surface area contributed by atoms with E-state index in [-0.39, 0.29) is 18.4 Å². The number of fused-ring (bicyclic) bond motifs is 1. The van der Waals surface area contributed by atoms with Crippen LogP contribution in [0.3, 0.4) is 0 Å². The van der Waals surface area contributed by atoms with Crippen molar-refractivity contribution < 1.29 is 14.2 Å². The average Bonchev–Trinajstić information content (AvgIpc) is 2.50. The quantitative estimate of drug-likeness (QED) is 0.853. The summed E-state index contributed by atoms with van der Waals surface area (Å²) < 4.78 is 1.82. The molecule has 1 N–H and O–H groups in total. The Balaban J connectivity index is 1.94. The van der Waals surface area contributed by atoms with Gasteiger partial charge in [-0.1, -0.05) is 24.3 Å². The fourth-order valence-electron chi connectivity index (χ4n) is 2.71. The van der Waals surface area contributed by atoms with E-state index in [4.69, 9.17) is 0 Å². The summed E-state index contributed by atoms with van der Waals surface area (Å²) in [6.07, 6.45) is 1.83. The van der Waals surface area contributed by atoms with E-state index in [2.05, 4.69) is 5.32 Å². The molecule has 1 aliphatic heterocycles. The number of hydrogen-bond acceptors (Lipinski definition) is 2. The zero-order valence-electron chi connectivity index (χ0n) is 12.6. The van der Waals surface area contributed by atoms with Gasteiger partial charge in [0.25, 0.3) is 11.8 Å². The minimum atomic E-state index is -0.623. The van der Waals surface area contributed by atoms with E-state index in [1.54, 1.807) is 7.05 Å². The van der Waals surface area contributed by atoms with Gasteiger partial charge in [0.15, 0.2) is 12.2 Å². The van der Waals surface area contributed by atoms with E-state index < -0.39 is 6.04 Å². The van der Waals surface area contributed by atoms with Crippen LogP contribution in [-0.2, 0) is 16.1 Å². The van der Waals surface area contributed by atoms with Gasteiger partial charge in [0.2, 0.25) is 12.2 Å². The van der Waals surface area contributed by atoms with Gasteiger partial charge < -0.3 is 10.2 Å². The Morgan fingerprint density at radius 1 is 1.23 bits per heavy atom. The molecule has 1 aromatic carbocycles. The largest absolute Gasteiger partial charge is 0.324 e. The lowest BCUT2D eigenvalue weighted by Crippen LogP contribution is -2.57. The number of anilines is 1. The Hall–Kier alpha value is -2.69. The molecule has 2 aromatic rings. The van der Waals surface area contributed by atoms with Crippen molar-refractivity contribution >= 4 is 17.5 Å². The number of para-hydroxylation sites is 1. The number of benzene rings is 1. The smallest absolute Gasteiger partial charge is 0.289 e. The fourth-order valence-corrected chi connectivity index (χ4v) is 2.71. The highest BCUT2D eigenvalue weighted by atomic mass is 16.2. The lowest BCUT2D eigenvalue weighted by atomic mass is 10.1. The van der Waals surface area contributed by atoms with E-state index >= 15 is 0 Å². The predicted molar refractivity (Wildman–Crippen MR) is 82.0 cm³/mol. The third-order valence-corrected chi connectivity index (χ3v) is 3.99. The van der Waals surface area contributed by atoms with Crippen LogP contribution in [0.2, 0.25) is 0 Å². The van der Waals surface area contributed by atoms with Crippen molar-refractivity contribution in [3.63, 3.8) is 0 Å². The maximum absolute atomic E-state index is 12.7. The van der Waals surface area contributed by atoms with Gasteiger partial charge in [-0.2, -0.15) is 4.57 Å². The maximum Gasteiger partial charge on any atom is 0.289 e. The second-order valence-electron chi connectivity index (χ2n) is 5.46. The van der Waals surface area contributed by atoms with Crippen LogP contribution in [0, 0.1) is 6.92 Å². The Labute approximate surface area is 129 Å². The van der Waals surface area contributed by atoms with Crippen LogP contribution >= 0.6 is 0 Å². The molecule has 0 bridgehead atoms. The SMILES string of the molecule is Cc1ccccc1NC(=O)C1c2cccc[n+]2CC(=O)N1C. The minimum absolute atomic E-state index is 0.0753. The van der Waals surface area contributed by atoms with Crippen molar-refractivity contribution in [3.05, 3.63) is 59.9 Å². The van der Waals surface area contributed by atoms with Crippen LogP contribution in [0.4, 0.5) is 5.69 Å². The lowest BCUT2D eigenvalue weighted by Gasteiger charge is -2.28. The summed E-state index contributed by atoms with van der Waals surface area (Å²) in [6, 6.07) is 12.6. The molecular formula is C17H18N3O2+. The standard InChI is InChI=1S/C17H17N3O2/c1-12-7-3-4-8-13(12)18-17(22)16-14-9-5-6-10-20(14)11-15(21)19(16)2/h3-10,16H,11H2,1-2H3/p+1. The van der Waals surface area contributed by atoms with Gasteiger partial charge in [-0.3, -0.25) is 9.59 Å². The first-order valence-electron chi connectivity index (χ1n) is 7.18. The van der Waals surface area contributed by atoms with Gasteiger partial charge >= 0.3 is 0 Å². The topological polar surface area (TPSA) is 53.3 Å². The van der Waals surface area contributed by atoms with Crippen molar-refractivity contribution in [1.29, 1.82) is 0 Å². The van der Waals surface area contributed by atoms with Crippen LogP contribution in [-0.4, -0.2) is 23.8 Å². The summed E-state index contributed by atoms with van der Waals surface area (Å²) in [5.74, 6) is -0.279. The van der Waals surface area contributed by atoms with E-state index in [0.29, 0.717) is 0 Å². The normalized spacial score (nSPS) is 17.1. The first-order valence-corrected chi connectivity index (χ1v) is 7.18.